The van der Waals surface area contributed by atoms with Gasteiger partial charge in [-0.1, -0.05) is 32.1 Å². The third-order valence-corrected chi connectivity index (χ3v) is 4.02. The Labute approximate surface area is 116 Å². The number of hydrogen-bond acceptors (Lipinski definition) is 3. The van der Waals surface area contributed by atoms with Gasteiger partial charge in [0.15, 0.2) is 0 Å². The van der Waals surface area contributed by atoms with Crippen LogP contribution in [0.2, 0.25) is 0 Å². The Morgan fingerprint density at radius 2 is 1.89 bits per heavy atom. The van der Waals surface area contributed by atoms with Gasteiger partial charge < -0.3 is 15.2 Å². The smallest absolute Gasteiger partial charge is 0.119 e. The molecule has 3 nitrogen and oxygen atoms in total. The summed E-state index contributed by atoms with van der Waals surface area (Å²) in [4.78, 5) is 0. The van der Waals surface area contributed by atoms with Crippen molar-refractivity contribution < 1.29 is 9.84 Å². The molecule has 1 aliphatic rings. The largest absolute Gasteiger partial charge is 0.497 e. The lowest BCUT2D eigenvalue weighted by Gasteiger charge is -2.26. The zero-order chi connectivity index (χ0) is 13.5. The first-order valence-corrected chi connectivity index (χ1v) is 7.33. The molecule has 0 amide bonds. The van der Waals surface area contributed by atoms with Crippen molar-refractivity contribution in [2.45, 2.75) is 44.6 Å². The molecule has 1 saturated carbocycles. The topological polar surface area (TPSA) is 41.5 Å². The molecule has 0 heterocycles. The standard InChI is InChI=1S/C16H25NO2/c1-19-16-9-7-14(8-10-16)17-15(12-18)11-13-5-3-2-4-6-13/h7-10,13,15,17-18H,2-6,11-12H2,1H3/t15-/m0/s1. The molecule has 1 aliphatic carbocycles. The van der Waals surface area contributed by atoms with E-state index < -0.39 is 0 Å². The van der Waals surface area contributed by atoms with E-state index >= 15 is 0 Å². The Morgan fingerprint density at radius 3 is 2.47 bits per heavy atom. The number of hydrogen-bond donors (Lipinski definition) is 2. The Balaban J connectivity index is 1.86. The summed E-state index contributed by atoms with van der Waals surface area (Å²) >= 11 is 0. The molecule has 0 aliphatic heterocycles. The highest BCUT2D eigenvalue weighted by atomic mass is 16.5. The Morgan fingerprint density at radius 1 is 1.21 bits per heavy atom. The summed E-state index contributed by atoms with van der Waals surface area (Å²) in [5, 5.41) is 13.0. The van der Waals surface area contributed by atoms with Crippen LogP contribution in [0.5, 0.6) is 5.75 Å². The van der Waals surface area contributed by atoms with Gasteiger partial charge in [0.05, 0.1) is 13.7 Å². The lowest BCUT2D eigenvalue weighted by Crippen LogP contribution is -2.27. The highest BCUT2D eigenvalue weighted by Crippen LogP contribution is 2.28. The maximum absolute atomic E-state index is 9.53. The summed E-state index contributed by atoms with van der Waals surface area (Å²) in [5.41, 5.74) is 1.05. The molecule has 2 N–H and O–H groups in total. The molecular formula is C16H25NO2. The van der Waals surface area contributed by atoms with Gasteiger partial charge in [-0.05, 0) is 36.6 Å². The number of aliphatic hydroxyl groups is 1. The van der Waals surface area contributed by atoms with Crippen LogP contribution >= 0.6 is 0 Å². The quantitative estimate of drug-likeness (QED) is 0.826. The Hall–Kier alpha value is -1.22. The molecule has 0 saturated heterocycles. The normalized spacial score (nSPS) is 18.0. The summed E-state index contributed by atoms with van der Waals surface area (Å²) < 4.78 is 5.14. The van der Waals surface area contributed by atoms with Crippen molar-refractivity contribution in [2.75, 3.05) is 19.0 Å². The van der Waals surface area contributed by atoms with E-state index in [1.807, 2.05) is 24.3 Å². The highest BCUT2D eigenvalue weighted by Gasteiger charge is 2.18. The molecule has 0 aromatic heterocycles. The van der Waals surface area contributed by atoms with Gasteiger partial charge in [-0.2, -0.15) is 0 Å². The average Bonchev–Trinajstić information content (AvgIpc) is 2.48. The molecule has 1 atom stereocenters. The zero-order valence-electron chi connectivity index (χ0n) is 11.8. The van der Waals surface area contributed by atoms with Crippen LogP contribution in [0.3, 0.4) is 0 Å². The fraction of sp³-hybridized carbons (Fsp3) is 0.625. The van der Waals surface area contributed by atoms with Gasteiger partial charge in [-0.25, -0.2) is 0 Å². The molecule has 1 aromatic carbocycles. The zero-order valence-corrected chi connectivity index (χ0v) is 11.8. The summed E-state index contributed by atoms with van der Waals surface area (Å²) in [6, 6.07) is 8.05. The number of methoxy groups -OCH3 is 1. The van der Waals surface area contributed by atoms with Crippen molar-refractivity contribution in [3.63, 3.8) is 0 Å². The van der Waals surface area contributed by atoms with Crippen LogP contribution in [-0.4, -0.2) is 24.9 Å². The van der Waals surface area contributed by atoms with E-state index in [1.165, 1.54) is 32.1 Å². The summed E-state index contributed by atoms with van der Waals surface area (Å²) in [6.07, 6.45) is 7.80. The van der Waals surface area contributed by atoms with Crippen LogP contribution in [0.15, 0.2) is 24.3 Å². The van der Waals surface area contributed by atoms with Crippen molar-refractivity contribution >= 4 is 5.69 Å². The predicted molar refractivity (Wildman–Crippen MR) is 78.7 cm³/mol. The molecule has 0 radical (unpaired) electrons. The molecule has 3 heteroatoms. The first kappa shape index (κ1) is 14.2. The summed E-state index contributed by atoms with van der Waals surface area (Å²) in [5.74, 6) is 1.63. The molecule has 0 bridgehead atoms. The van der Waals surface area contributed by atoms with E-state index in [-0.39, 0.29) is 12.6 Å². The number of rotatable bonds is 6. The third kappa shape index (κ3) is 4.43. The van der Waals surface area contributed by atoms with Crippen LogP contribution < -0.4 is 10.1 Å². The first-order valence-electron chi connectivity index (χ1n) is 7.33. The van der Waals surface area contributed by atoms with E-state index in [9.17, 15) is 5.11 Å². The second-order valence-electron chi connectivity index (χ2n) is 5.49. The van der Waals surface area contributed by atoms with Gasteiger partial charge in [-0.15, -0.1) is 0 Å². The molecule has 0 unspecified atom stereocenters. The van der Waals surface area contributed by atoms with Gasteiger partial charge in [0, 0.05) is 11.7 Å². The molecule has 2 rings (SSSR count). The fourth-order valence-corrected chi connectivity index (χ4v) is 2.93. The molecule has 1 aromatic rings. The highest BCUT2D eigenvalue weighted by molar-refractivity contribution is 5.47. The first-order chi connectivity index (χ1) is 9.31. The van der Waals surface area contributed by atoms with Gasteiger partial charge in [-0.3, -0.25) is 0 Å². The van der Waals surface area contributed by atoms with Crippen molar-refractivity contribution in [1.82, 2.24) is 0 Å². The predicted octanol–water partition coefficient (Wildman–Crippen LogP) is 3.44. The van der Waals surface area contributed by atoms with E-state index in [1.54, 1.807) is 7.11 Å². The monoisotopic (exact) mass is 263 g/mol. The maximum atomic E-state index is 9.53. The van der Waals surface area contributed by atoms with Crippen molar-refractivity contribution in [3.8, 4) is 5.75 Å². The molecule has 106 valence electrons. The SMILES string of the molecule is COc1ccc(N[C@H](CO)CC2CCCCC2)cc1. The van der Waals surface area contributed by atoms with E-state index in [0.29, 0.717) is 0 Å². The second kappa shape index (κ2) is 7.39. The molecule has 1 fully saturated rings. The molecule has 0 spiro atoms. The van der Waals surface area contributed by atoms with Gasteiger partial charge >= 0.3 is 0 Å². The molecule has 19 heavy (non-hydrogen) atoms. The Kier molecular flexibility index (Phi) is 5.52. The minimum atomic E-state index is 0.163. The minimum absolute atomic E-state index is 0.163. The average molecular weight is 263 g/mol. The Bertz CT molecular complexity index is 358. The van der Waals surface area contributed by atoms with Crippen LogP contribution in [-0.2, 0) is 0 Å². The number of benzene rings is 1. The maximum Gasteiger partial charge on any atom is 0.119 e. The van der Waals surface area contributed by atoms with Gasteiger partial charge in [0.2, 0.25) is 0 Å². The van der Waals surface area contributed by atoms with Crippen LogP contribution in [0, 0.1) is 5.92 Å². The third-order valence-electron chi connectivity index (χ3n) is 4.02. The minimum Gasteiger partial charge on any atom is -0.497 e. The second-order valence-corrected chi connectivity index (χ2v) is 5.49. The van der Waals surface area contributed by atoms with Gasteiger partial charge in [0.25, 0.3) is 0 Å². The van der Waals surface area contributed by atoms with Crippen molar-refractivity contribution in [3.05, 3.63) is 24.3 Å². The summed E-state index contributed by atoms with van der Waals surface area (Å²) in [6.45, 7) is 0.197. The van der Waals surface area contributed by atoms with E-state index in [0.717, 1.165) is 23.8 Å². The number of anilines is 1. The van der Waals surface area contributed by atoms with Crippen molar-refractivity contribution in [1.29, 1.82) is 0 Å². The van der Waals surface area contributed by atoms with Crippen LogP contribution in [0.25, 0.3) is 0 Å². The number of nitrogens with one attached hydrogen (secondary N) is 1. The van der Waals surface area contributed by atoms with E-state index in [4.69, 9.17) is 4.74 Å². The van der Waals surface area contributed by atoms with Gasteiger partial charge in [0.1, 0.15) is 5.75 Å². The number of aliphatic hydroxyl groups excluding tert-OH is 1. The fourth-order valence-electron chi connectivity index (χ4n) is 2.93. The number of ether oxygens (including phenoxy) is 1. The lowest BCUT2D eigenvalue weighted by atomic mass is 9.85. The molecular weight excluding hydrogens is 238 g/mol. The van der Waals surface area contributed by atoms with Crippen molar-refractivity contribution in [2.24, 2.45) is 5.92 Å². The van der Waals surface area contributed by atoms with E-state index in [2.05, 4.69) is 5.32 Å². The van der Waals surface area contributed by atoms with Crippen LogP contribution in [0.4, 0.5) is 5.69 Å². The van der Waals surface area contributed by atoms with Crippen LogP contribution in [0.1, 0.15) is 38.5 Å². The summed E-state index contributed by atoms with van der Waals surface area (Å²) in [7, 11) is 1.67. The lowest BCUT2D eigenvalue weighted by molar-refractivity contribution is 0.237.